The van der Waals surface area contributed by atoms with Crippen LogP contribution in [0.25, 0.3) is 0 Å². The number of carbonyl (C=O) groups is 1. The third-order valence-corrected chi connectivity index (χ3v) is 4.03. The number of rotatable bonds is 7. The topological polar surface area (TPSA) is 61.8 Å². The van der Waals surface area contributed by atoms with Crippen LogP contribution in [-0.2, 0) is 4.79 Å². The molecule has 1 aliphatic heterocycles. The molecule has 0 spiro atoms. The van der Waals surface area contributed by atoms with Gasteiger partial charge in [-0.1, -0.05) is 26.3 Å². The van der Waals surface area contributed by atoms with Gasteiger partial charge >= 0.3 is 0 Å². The third kappa shape index (κ3) is 3.99. The van der Waals surface area contributed by atoms with Crippen molar-refractivity contribution >= 4 is 11.6 Å². The van der Waals surface area contributed by atoms with Gasteiger partial charge in [-0.3, -0.25) is 4.79 Å². The van der Waals surface area contributed by atoms with Crippen LogP contribution in [0.1, 0.15) is 45.3 Å². The summed E-state index contributed by atoms with van der Waals surface area (Å²) in [6.07, 6.45) is 1.23. The van der Waals surface area contributed by atoms with Gasteiger partial charge in [-0.15, -0.1) is 0 Å². The van der Waals surface area contributed by atoms with Crippen LogP contribution in [0.3, 0.4) is 0 Å². The minimum Gasteiger partial charge on any atom is -0.479 e. The summed E-state index contributed by atoms with van der Waals surface area (Å²) in [5.74, 6) is 0.499. The minimum atomic E-state index is -0.571. The van der Waals surface area contributed by atoms with Crippen LogP contribution in [0.5, 0.6) is 5.75 Å². The number of ether oxygens (including phenoxy) is 1. The fraction of sp³-hybridized carbons (Fsp3) is 0.588. The van der Waals surface area contributed by atoms with Gasteiger partial charge in [0.15, 0.2) is 6.10 Å². The summed E-state index contributed by atoms with van der Waals surface area (Å²) in [5, 5.41) is 13.3. The van der Waals surface area contributed by atoms with E-state index in [9.17, 15) is 9.90 Å². The van der Waals surface area contributed by atoms with Gasteiger partial charge in [-0.2, -0.15) is 0 Å². The van der Waals surface area contributed by atoms with Crippen molar-refractivity contribution < 1.29 is 14.6 Å². The number of hydrogen-bond acceptors (Lipinski definition) is 4. The Bertz CT molecular complexity index is 519. The zero-order valence-electron chi connectivity index (χ0n) is 13.6. The summed E-state index contributed by atoms with van der Waals surface area (Å²) in [5.41, 5.74) is 1.43. The third-order valence-electron chi connectivity index (χ3n) is 4.03. The van der Waals surface area contributed by atoms with Crippen LogP contribution < -0.4 is 10.1 Å². The standard InChI is InChI=1S/C17H26N2O3/c1-4-6-9-19(5-2)11-15(20)13-7-8-16-14(10-13)18-17(21)12(3)22-16/h7-8,10,12,15,20H,4-6,9,11H2,1-3H3,(H,18,21). The first-order chi connectivity index (χ1) is 10.5. The number of benzene rings is 1. The molecule has 5 nitrogen and oxygen atoms in total. The Kier molecular flexibility index (Phi) is 5.80. The predicted octanol–water partition coefficient (Wildman–Crippen LogP) is 2.56. The van der Waals surface area contributed by atoms with Crippen molar-refractivity contribution in [2.45, 2.75) is 45.8 Å². The highest BCUT2D eigenvalue weighted by atomic mass is 16.5. The molecule has 1 aliphatic rings. The minimum absolute atomic E-state index is 0.155. The van der Waals surface area contributed by atoms with Gasteiger partial charge in [-0.25, -0.2) is 0 Å². The zero-order valence-corrected chi connectivity index (χ0v) is 13.6. The molecular formula is C17H26N2O3. The highest BCUT2D eigenvalue weighted by Gasteiger charge is 2.24. The van der Waals surface area contributed by atoms with Crippen molar-refractivity contribution in [1.82, 2.24) is 4.90 Å². The molecule has 0 saturated carbocycles. The molecule has 2 rings (SSSR count). The Labute approximate surface area is 132 Å². The van der Waals surface area contributed by atoms with E-state index in [0.717, 1.165) is 31.5 Å². The largest absolute Gasteiger partial charge is 0.479 e. The second-order valence-corrected chi connectivity index (χ2v) is 5.77. The Balaban J connectivity index is 2.06. The lowest BCUT2D eigenvalue weighted by Gasteiger charge is -2.26. The summed E-state index contributed by atoms with van der Waals surface area (Å²) >= 11 is 0. The fourth-order valence-electron chi connectivity index (χ4n) is 2.54. The van der Waals surface area contributed by atoms with E-state index < -0.39 is 12.2 Å². The van der Waals surface area contributed by atoms with Crippen molar-refractivity contribution in [1.29, 1.82) is 0 Å². The first-order valence-corrected chi connectivity index (χ1v) is 8.07. The van der Waals surface area contributed by atoms with E-state index in [4.69, 9.17) is 4.74 Å². The molecule has 2 unspecified atom stereocenters. The maximum Gasteiger partial charge on any atom is 0.265 e. The highest BCUT2D eigenvalue weighted by molar-refractivity contribution is 5.97. The lowest BCUT2D eigenvalue weighted by molar-refractivity contribution is -0.122. The van der Waals surface area contributed by atoms with Crippen molar-refractivity contribution in [3.8, 4) is 5.75 Å². The van der Waals surface area contributed by atoms with E-state index in [-0.39, 0.29) is 5.91 Å². The summed E-state index contributed by atoms with van der Waals surface area (Å²) < 4.78 is 5.53. The molecule has 0 aliphatic carbocycles. The number of carbonyl (C=O) groups excluding carboxylic acids is 1. The number of aliphatic hydroxyl groups is 1. The van der Waals surface area contributed by atoms with Crippen molar-refractivity contribution in [3.63, 3.8) is 0 Å². The molecule has 0 bridgehead atoms. The molecule has 1 aromatic carbocycles. The molecule has 22 heavy (non-hydrogen) atoms. The molecule has 1 aromatic rings. The van der Waals surface area contributed by atoms with Gasteiger partial charge in [0.25, 0.3) is 5.91 Å². The van der Waals surface area contributed by atoms with E-state index in [1.807, 2.05) is 12.1 Å². The Morgan fingerprint density at radius 1 is 1.41 bits per heavy atom. The van der Waals surface area contributed by atoms with E-state index in [0.29, 0.717) is 18.0 Å². The van der Waals surface area contributed by atoms with Crippen LogP contribution in [0.4, 0.5) is 5.69 Å². The van der Waals surface area contributed by atoms with Gasteiger partial charge in [0.1, 0.15) is 5.75 Å². The molecule has 1 amide bonds. The first-order valence-electron chi connectivity index (χ1n) is 8.07. The molecule has 0 radical (unpaired) electrons. The second kappa shape index (κ2) is 7.61. The Morgan fingerprint density at radius 2 is 2.18 bits per heavy atom. The quantitative estimate of drug-likeness (QED) is 0.813. The number of aliphatic hydroxyl groups excluding tert-OH is 1. The van der Waals surface area contributed by atoms with Gasteiger partial charge < -0.3 is 20.1 Å². The average molecular weight is 306 g/mol. The van der Waals surface area contributed by atoms with Crippen LogP contribution in [0.2, 0.25) is 0 Å². The number of likely N-dealkylation sites (N-methyl/N-ethyl adjacent to an activating group) is 1. The Hall–Kier alpha value is -1.59. The highest BCUT2D eigenvalue weighted by Crippen LogP contribution is 2.32. The van der Waals surface area contributed by atoms with Crippen LogP contribution in [0.15, 0.2) is 18.2 Å². The van der Waals surface area contributed by atoms with Crippen LogP contribution in [0, 0.1) is 0 Å². The lowest BCUT2D eigenvalue weighted by Crippen LogP contribution is -2.34. The summed E-state index contributed by atoms with van der Waals surface area (Å²) in [6, 6.07) is 5.48. The number of anilines is 1. The number of fused-ring (bicyclic) bond motifs is 1. The normalized spacial score (nSPS) is 18.6. The smallest absolute Gasteiger partial charge is 0.265 e. The number of nitrogens with one attached hydrogen (secondary N) is 1. The predicted molar refractivity (Wildman–Crippen MR) is 87.1 cm³/mol. The lowest BCUT2D eigenvalue weighted by atomic mass is 10.1. The molecule has 0 aromatic heterocycles. The number of hydrogen-bond donors (Lipinski definition) is 2. The van der Waals surface area contributed by atoms with E-state index in [2.05, 4.69) is 24.1 Å². The van der Waals surface area contributed by atoms with Gasteiger partial charge in [0.05, 0.1) is 11.8 Å². The maximum atomic E-state index is 11.7. The maximum absolute atomic E-state index is 11.7. The molecule has 2 atom stereocenters. The monoisotopic (exact) mass is 306 g/mol. The average Bonchev–Trinajstić information content (AvgIpc) is 2.51. The zero-order chi connectivity index (χ0) is 16.1. The number of unbranched alkanes of at least 4 members (excludes halogenated alkanes) is 1. The second-order valence-electron chi connectivity index (χ2n) is 5.77. The van der Waals surface area contributed by atoms with Crippen LogP contribution in [-0.4, -0.2) is 41.7 Å². The van der Waals surface area contributed by atoms with E-state index in [1.165, 1.54) is 0 Å². The van der Waals surface area contributed by atoms with Gasteiger partial charge in [-0.05, 0) is 44.1 Å². The molecule has 1 heterocycles. The van der Waals surface area contributed by atoms with Crippen molar-refractivity contribution in [3.05, 3.63) is 23.8 Å². The SMILES string of the molecule is CCCCN(CC)CC(O)c1ccc2c(c1)NC(=O)C(C)O2. The van der Waals surface area contributed by atoms with E-state index in [1.54, 1.807) is 13.0 Å². The summed E-state index contributed by atoms with van der Waals surface area (Å²) in [6.45, 7) is 8.49. The molecule has 5 heteroatoms. The summed E-state index contributed by atoms with van der Waals surface area (Å²) in [4.78, 5) is 13.9. The van der Waals surface area contributed by atoms with Gasteiger partial charge in [0, 0.05) is 6.54 Å². The molecule has 0 saturated heterocycles. The number of amides is 1. The molecule has 122 valence electrons. The van der Waals surface area contributed by atoms with Crippen molar-refractivity contribution in [2.75, 3.05) is 25.0 Å². The van der Waals surface area contributed by atoms with E-state index >= 15 is 0 Å². The number of nitrogens with zero attached hydrogens (tertiary/aromatic N) is 1. The summed E-state index contributed by atoms with van der Waals surface area (Å²) in [7, 11) is 0. The molecule has 2 N–H and O–H groups in total. The molecular weight excluding hydrogens is 280 g/mol. The van der Waals surface area contributed by atoms with Crippen molar-refractivity contribution in [2.24, 2.45) is 0 Å². The van der Waals surface area contributed by atoms with Gasteiger partial charge in [0.2, 0.25) is 0 Å². The first kappa shape index (κ1) is 16.8. The van der Waals surface area contributed by atoms with Crippen LogP contribution >= 0.6 is 0 Å². The fourth-order valence-corrected chi connectivity index (χ4v) is 2.54. The molecule has 0 fully saturated rings. The Morgan fingerprint density at radius 3 is 2.86 bits per heavy atom.